The number of aromatic amines is 1. The SMILES string of the molecule is CCCc1nc(C(C)(C)O)c(C(=O)NCC(=O)OCc2ccc(CO[N+](=O)[O-])cc2)n1Cc1ccc(-c2ccccc2-c2nn[nH]n2)cc1. The second kappa shape index (κ2) is 15.3. The van der Waals surface area contributed by atoms with Crippen LogP contribution < -0.4 is 5.32 Å². The number of aliphatic hydroxyl groups is 1. The Morgan fingerprint density at radius 3 is 2.24 bits per heavy atom. The Balaban J connectivity index is 1.31. The minimum atomic E-state index is -1.44. The topological polar surface area (TPSA) is 200 Å². The molecule has 0 saturated heterocycles. The summed E-state index contributed by atoms with van der Waals surface area (Å²) in [6.45, 7) is 4.75. The molecule has 5 aromatic rings. The van der Waals surface area contributed by atoms with Crippen LogP contribution in [-0.2, 0) is 46.1 Å². The largest absolute Gasteiger partial charge is 0.460 e. The van der Waals surface area contributed by atoms with Gasteiger partial charge in [-0.2, -0.15) is 5.21 Å². The van der Waals surface area contributed by atoms with Gasteiger partial charge in [0.2, 0.25) is 5.82 Å². The summed E-state index contributed by atoms with van der Waals surface area (Å²) < 4.78 is 7.10. The van der Waals surface area contributed by atoms with Gasteiger partial charge in [-0.05, 0) is 53.3 Å². The summed E-state index contributed by atoms with van der Waals surface area (Å²) in [5.74, 6) is -0.135. The third-order valence-electron chi connectivity index (χ3n) is 7.59. The van der Waals surface area contributed by atoms with Crippen LogP contribution in [-0.4, -0.2) is 58.8 Å². The first kappa shape index (κ1) is 34.4. The van der Waals surface area contributed by atoms with Gasteiger partial charge in [0.25, 0.3) is 11.0 Å². The molecule has 0 atom stereocenters. The highest BCUT2D eigenvalue weighted by atomic mass is 16.9. The number of benzene rings is 3. The van der Waals surface area contributed by atoms with Crippen molar-refractivity contribution in [3.8, 4) is 22.5 Å². The second-order valence-electron chi connectivity index (χ2n) is 11.8. The number of ether oxygens (including phenoxy) is 1. The third kappa shape index (κ3) is 8.70. The Morgan fingerprint density at radius 2 is 1.63 bits per heavy atom. The van der Waals surface area contributed by atoms with Crippen LogP contribution in [0.3, 0.4) is 0 Å². The Bertz CT molecular complexity index is 1900. The molecular weight excluding hydrogens is 632 g/mol. The van der Waals surface area contributed by atoms with E-state index < -0.39 is 29.1 Å². The lowest BCUT2D eigenvalue weighted by atomic mass is 9.98. The number of hydrogen-bond acceptors (Lipinski definition) is 11. The summed E-state index contributed by atoms with van der Waals surface area (Å²) in [7, 11) is 0. The van der Waals surface area contributed by atoms with Gasteiger partial charge >= 0.3 is 5.97 Å². The van der Waals surface area contributed by atoms with E-state index in [4.69, 9.17) is 9.72 Å². The molecule has 0 spiro atoms. The third-order valence-corrected chi connectivity index (χ3v) is 7.59. The average molecular weight is 669 g/mol. The number of carbonyl (C=O) groups excluding carboxylic acids is 2. The van der Waals surface area contributed by atoms with E-state index in [2.05, 4.69) is 30.8 Å². The zero-order chi connectivity index (χ0) is 35.0. The number of carbonyl (C=O) groups is 2. The van der Waals surface area contributed by atoms with E-state index >= 15 is 0 Å². The van der Waals surface area contributed by atoms with Crippen LogP contribution in [0.2, 0.25) is 0 Å². The lowest BCUT2D eigenvalue weighted by molar-refractivity contribution is -0.763. The molecule has 2 heterocycles. The van der Waals surface area contributed by atoms with Crippen molar-refractivity contribution < 1.29 is 29.4 Å². The first-order valence-electron chi connectivity index (χ1n) is 15.6. The second-order valence-corrected chi connectivity index (χ2v) is 11.8. The van der Waals surface area contributed by atoms with Crippen molar-refractivity contribution in [2.24, 2.45) is 0 Å². The standard InChI is InChI=1S/C34H36N8O7/c1-4-7-28-36-31(34(2,3)45)30(33(44)35-18-29(43)48-20-23-10-12-24(13-11-23)21-49-42(46)47)41(28)19-22-14-16-25(17-15-22)26-8-5-6-9-27(26)32-37-39-40-38-32/h5-6,8-17,45H,4,7,18-21H2,1-3H3,(H,35,44)(H,37,38,39,40). The maximum absolute atomic E-state index is 13.7. The number of nitrogens with zero attached hydrogens (tertiary/aromatic N) is 6. The van der Waals surface area contributed by atoms with E-state index in [0.717, 1.165) is 28.7 Å². The van der Waals surface area contributed by atoms with Crippen LogP contribution >= 0.6 is 0 Å². The maximum atomic E-state index is 13.7. The number of hydrogen-bond donors (Lipinski definition) is 3. The lowest BCUT2D eigenvalue weighted by Crippen LogP contribution is -2.34. The van der Waals surface area contributed by atoms with Crippen LogP contribution in [0.15, 0.2) is 72.8 Å². The van der Waals surface area contributed by atoms with Crippen LogP contribution in [0.1, 0.15) is 65.9 Å². The smallest absolute Gasteiger partial charge is 0.325 e. The van der Waals surface area contributed by atoms with Crippen molar-refractivity contribution in [2.45, 2.75) is 59.0 Å². The summed E-state index contributed by atoms with van der Waals surface area (Å²) in [4.78, 5) is 45.7. The Hall–Kier alpha value is -5.96. The van der Waals surface area contributed by atoms with Gasteiger partial charge in [-0.3, -0.25) is 9.59 Å². The van der Waals surface area contributed by atoms with Crippen molar-refractivity contribution in [3.63, 3.8) is 0 Å². The van der Waals surface area contributed by atoms with Crippen LogP contribution in [0.25, 0.3) is 22.5 Å². The molecule has 49 heavy (non-hydrogen) atoms. The van der Waals surface area contributed by atoms with Gasteiger partial charge in [0.1, 0.15) is 42.6 Å². The highest BCUT2D eigenvalue weighted by Gasteiger charge is 2.32. The van der Waals surface area contributed by atoms with Crippen molar-refractivity contribution >= 4 is 11.9 Å². The van der Waals surface area contributed by atoms with E-state index in [1.54, 1.807) is 42.7 Å². The molecule has 0 bridgehead atoms. The molecule has 254 valence electrons. The number of tetrazole rings is 1. The molecule has 0 aliphatic rings. The summed E-state index contributed by atoms with van der Waals surface area (Å²) in [5.41, 5.74) is 3.74. The number of amides is 1. The van der Waals surface area contributed by atoms with E-state index in [0.29, 0.717) is 35.7 Å². The average Bonchev–Trinajstić information content (AvgIpc) is 3.75. The first-order valence-corrected chi connectivity index (χ1v) is 15.6. The van der Waals surface area contributed by atoms with Gasteiger partial charge in [0.05, 0.1) is 0 Å². The van der Waals surface area contributed by atoms with Crippen molar-refractivity contribution in [1.29, 1.82) is 0 Å². The van der Waals surface area contributed by atoms with Crippen LogP contribution in [0.4, 0.5) is 0 Å². The Morgan fingerprint density at radius 1 is 0.980 bits per heavy atom. The van der Waals surface area contributed by atoms with Crippen molar-refractivity contribution in [1.82, 2.24) is 35.5 Å². The molecule has 3 N–H and O–H groups in total. The fourth-order valence-electron chi connectivity index (χ4n) is 5.23. The van der Waals surface area contributed by atoms with E-state index in [-0.39, 0.29) is 24.6 Å². The van der Waals surface area contributed by atoms with Gasteiger partial charge in [0.15, 0.2) is 0 Å². The summed E-state index contributed by atoms with van der Waals surface area (Å²) in [5, 5.41) is 37.6. The highest BCUT2D eigenvalue weighted by Crippen LogP contribution is 2.31. The first-order chi connectivity index (χ1) is 23.5. The fraction of sp³-hybridized carbons (Fsp3) is 0.294. The molecule has 15 heteroatoms. The molecule has 0 unspecified atom stereocenters. The number of H-pyrrole nitrogens is 1. The molecule has 5 rings (SSSR count). The zero-order valence-electron chi connectivity index (χ0n) is 27.3. The van der Waals surface area contributed by atoms with Crippen molar-refractivity contribution in [2.75, 3.05) is 6.54 Å². The lowest BCUT2D eigenvalue weighted by Gasteiger charge is -2.18. The minimum absolute atomic E-state index is 0.0614. The molecule has 0 fully saturated rings. The van der Waals surface area contributed by atoms with E-state index in [1.165, 1.54) is 0 Å². The Labute approximate surface area is 281 Å². The van der Waals surface area contributed by atoms with Crippen LogP contribution in [0, 0.1) is 10.1 Å². The van der Waals surface area contributed by atoms with Crippen molar-refractivity contribution in [3.05, 3.63) is 117 Å². The summed E-state index contributed by atoms with van der Waals surface area (Å²) in [6.07, 6.45) is 1.32. The molecule has 3 aromatic carbocycles. The summed E-state index contributed by atoms with van der Waals surface area (Å²) in [6, 6.07) is 22.2. The quantitative estimate of drug-likeness (QED) is 0.0823. The number of nitrogens with one attached hydrogen (secondary N) is 2. The molecular formula is C34H36N8O7. The molecule has 15 nitrogen and oxygen atoms in total. The van der Waals surface area contributed by atoms with Gasteiger partial charge < -0.3 is 24.6 Å². The zero-order valence-corrected chi connectivity index (χ0v) is 27.3. The number of esters is 1. The predicted octanol–water partition coefficient (Wildman–Crippen LogP) is 4.14. The molecule has 0 radical (unpaired) electrons. The van der Waals surface area contributed by atoms with Gasteiger partial charge in [-0.15, -0.1) is 20.3 Å². The molecule has 2 aromatic heterocycles. The molecule has 0 aliphatic carbocycles. The molecule has 0 saturated carbocycles. The van der Waals surface area contributed by atoms with E-state index in [9.17, 15) is 24.8 Å². The van der Waals surface area contributed by atoms with Gasteiger partial charge in [-0.25, -0.2) is 4.98 Å². The van der Waals surface area contributed by atoms with Gasteiger partial charge in [0, 0.05) is 18.5 Å². The van der Waals surface area contributed by atoms with E-state index in [1.807, 2.05) is 55.5 Å². The monoisotopic (exact) mass is 668 g/mol. The number of rotatable bonds is 15. The Kier molecular flexibility index (Phi) is 10.7. The normalized spacial score (nSPS) is 11.3. The number of imidazole rings is 1. The molecule has 1 amide bonds. The van der Waals surface area contributed by atoms with Crippen LogP contribution in [0.5, 0.6) is 0 Å². The number of aryl methyl sites for hydroxylation is 1. The number of aromatic nitrogens is 6. The van der Waals surface area contributed by atoms with Gasteiger partial charge in [-0.1, -0.05) is 79.7 Å². The maximum Gasteiger partial charge on any atom is 0.325 e. The fourth-order valence-corrected chi connectivity index (χ4v) is 5.23. The predicted molar refractivity (Wildman–Crippen MR) is 176 cm³/mol. The molecule has 0 aliphatic heterocycles. The minimum Gasteiger partial charge on any atom is -0.460 e. The highest BCUT2D eigenvalue weighted by molar-refractivity contribution is 5.96. The summed E-state index contributed by atoms with van der Waals surface area (Å²) >= 11 is 0.